The Balaban J connectivity index is 1.24. The zero-order valence-electron chi connectivity index (χ0n) is 23.0. The number of amides is 3. The first kappa shape index (κ1) is 29.5. The number of benzene rings is 2. The Bertz CT molecular complexity index is 1550. The average Bonchev–Trinajstić information content (AvgIpc) is 3.65. The van der Waals surface area contributed by atoms with Crippen LogP contribution in [0.2, 0.25) is 4.34 Å². The van der Waals surface area contributed by atoms with Gasteiger partial charge in [-0.25, -0.2) is 4.68 Å². The summed E-state index contributed by atoms with van der Waals surface area (Å²) in [6.45, 7) is 5.92. The van der Waals surface area contributed by atoms with Crippen molar-refractivity contribution in [2.75, 3.05) is 44.7 Å². The predicted octanol–water partition coefficient (Wildman–Crippen LogP) is 4.07. The molecule has 0 radical (unpaired) electrons. The minimum Gasteiger partial charge on any atom is -0.379 e. The molecular formula is C30H31ClN6O4S. The molecule has 0 aliphatic carbocycles. The van der Waals surface area contributed by atoms with E-state index in [1.54, 1.807) is 48.1 Å². The number of anilines is 1. The van der Waals surface area contributed by atoms with Gasteiger partial charge in [0.1, 0.15) is 11.7 Å². The van der Waals surface area contributed by atoms with Crippen LogP contribution in [0.15, 0.2) is 72.9 Å². The molecule has 218 valence electrons. The van der Waals surface area contributed by atoms with E-state index in [-0.39, 0.29) is 11.8 Å². The van der Waals surface area contributed by atoms with Crippen molar-refractivity contribution in [2.24, 2.45) is 0 Å². The summed E-state index contributed by atoms with van der Waals surface area (Å²) < 4.78 is 7.57. The van der Waals surface area contributed by atoms with Crippen molar-refractivity contribution in [3.63, 3.8) is 0 Å². The van der Waals surface area contributed by atoms with Crippen LogP contribution in [-0.4, -0.2) is 77.8 Å². The summed E-state index contributed by atoms with van der Waals surface area (Å²) in [5.41, 5.74) is 2.40. The molecule has 0 saturated carbocycles. The highest BCUT2D eigenvalue weighted by molar-refractivity contribution is 7.19. The summed E-state index contributed by atoms with van der Waals surface area (Å²) in [6, 6.07) is 18.9. The van der Waals surface area contributed by atoms with E-state index in [0.29, 0.717) is 46.6 Å². The van der Waals surface area contributed by atoms with E-state index in [2.05, 4.69) is 25.9 Å². The molecule has 1 aliphatic heterocycles. The molecule has 1 atom stereocenters. The topological polar surface area (TPSA) is 118 Å². The molecule has 1 aliphatic rings. The number of ether oxygens (including phenoxy) is 1. The second-order valence-electron chi connectivity index (χ2n) is 9.75. The van der Waals surface area contributed by atoms with Crippen molar-refractivity contribution >= 4 is 46.3 Å². The normalized spacial score (nSPS) is 14.2. The number of rotatable bonds is 10. The fourth-order valence-corrected chi connectivity index (χ4v) is 5.52. The molecule has 0 unspecified atom stereocenters. The summed E-state index contributed by atoms with van der Waals surface area (Å²) in [5, 5.41) is 13.1. The molecule has 2 aromatic heterocycles. The van der Waals surface area contributed by atoms with Gasteiger partial charge in [0, 0.05) is 43.6 Å². The van der Waals surface area contributed by atoms with Gasteiger partial charge in [-0.15, -0.1) is 11.3 Å². The van der Waals surface area contributed by atoms with Crippen LogP contribution < -0.4 is 16.0 Å². The van der Waals surface area contributed by atoms with E-state index in [4.69, 9.17) is 16.3 Å². The van der Waals surface area contributed by atoms with Gasteiger partial charge in [-0.1, -0.05) is 35.9 Å². The molecule has 0 bridgehead atoms. The maximum absolute atomic E-state index is 13.5. The van der Waals surface area contributed by atoms with E-state index in [1.165, 1.54) is 11.3 Å². The minimum absolute atomic E-state index is 0.266. The van der Waals surface area contributed by atoms with Gasteiger partial charge in [0.15, 0.2) is 0 Å². The van der Waals surface area contributed by atoms with E-state index < -0.39 is 11.9 Å². The third-order valence-electron chi connectivity index (χ3n) is 6.74. The molecule has 3 N–H and O–H groups in total. The highest BCUT2D eigenvalue weighted by Crippen LogP contribution is 2.33. The van der Waals surface area contributed by atoms with Crippen LogP contribution in [0.5, 0.6) is 0 Å². The number of thiophene rings is 1. The van der Waals surface area contributed by atoms with Gasteiger partial charge in [0.2, 0.25) is 5.91 Å². The molecule has 3 heterocycles. The highest BCUT2D eigenvalue weighted by Gasteiger charge is 2.21. The maximum Gasteiger partial charge on any atom is 0.259 e. The molecule has 3 amide bonds. The third-order valence-corrected chi connectivity index (χ3v) is 7.98. The van der Waals surface area contributed by atoms with Crippen LogP contribution in [0, 0.1) is 0 Å². The van der Waals surface area contributed by atoms with Crippen molar-refractivity contribution < 1.29 is 19.1 Å². The molecule has 42 heavy (non-hydrogen) atoms. The first-order valence-corrected chi connectivity index (χ1v) is 14.8. The molecule has 0 spiro atoms. The lowest BCUT2D eigenvalue weighted by Crippen LogP contribution is -2.47. The average molecular weight is 607 g/mol. The zero-order chi connectivity index (χ0) is 29.5. The Morgan fingerprint density at radius 1 is 1.02 bits per heavy atom. The van der Waals surface area contributed by atoms with E-state index >= 15 is 0 Å². The van der Waals surface area contributed by atoms with Crippen molar-refractivity contribution in [1.29, 1.82) is 0 Å². The standard InChI is InChI=1S/C30H31ClN6O4S/c1-20(28(38)32-12-13-36-14-16-41-17-15-36)33-29(39)21-6-5-7-22(18-21)34-30(40)24-19-37(23-8-3-2-4-9-23)35-27(24)25-10-11-26(31)42-25/h2-11,18-20H,12-17H2,1H3,(H,32,38)(H,33,39)(H,34,40)/t20-/m0/s1. The molecule has 10 nitrogen and oxygen atoms in total. The Labute approximate surface area is 252 Å². The fourth-order valence-electron chi connectivity index (χ4n) is 4.47. The second-order valence-corrected chi connectivity index (χ2v) is 11.5. The van der Waals surface area contributed by atoms with E-state index in [9.17, 15) is 14.4 Å². The molecule has 4 aromatic rings. The lowest BCUT2D eigenvalue weighted by atomic mass is 10.1. The van der Waals surface area contributed by atoms with Crippen LogP contribution in [0.25, 0.3) is 16.3 Å². The van der Waals surface area contributed by atoms with Gasteiger partial charge < -0.3 is 20.7 Å². The van der Waals surface area contributed by atoms with Gasteiger partial charge >= 0.3 is 0 Å². The number of para-hydroxylation sites is 1. The van der Waals surface area contributed by atoms with Gasteiger partial charge in [0.05, 0.1) is 33.7 Å². The number of halogens is 1. The summed E-state index contributed by atoms with van der Waals surface area (Å²) in [7, 11) is 0. The number of nitrogens with one attached hydrogen (secondary N) is 3. The molecule has 1 fully saturated rings. The summed E-state index contributed by atoms with van der Waals surface area (Å²) in [6.07, 6.45) is 1.67. The van der Waals surface area contributed by atoms with Crippen LogP contribution in [0.4, 0.5) is 5.69 Å². The zero-order valence-corrected chi connectivity index (χ0v) is 24.6. The largest absolute Gasteiger partial charge is 0.379 e. The monoisotopic (exact) mass is 606 g/mol. The lowest BCUT2D eigenvalue weighted by molar-refractivity contribution is -0.122. The lowest BCUT2D eigenvalue weighted by Gasteiger charge is -2.26. The van der Waals surface area contributed by atoms with Crippen molar-refractivity contribution in [1.82, 2.24) is 25.3 Å². The minimum atomic E-state index is -0.732. The SMILES string of the molecule is C[C@H](NC(=O)c1cccc(NC(=O)c2cn(-c3ccccc3)nc2-c2ccc(Cl)s2)c1)C(=O)NCCN1CCOCC1. The number of hydrogen-bond acceptors (Lipinski definition) is 7. The quantitative estimate of drug-likeness (QED) is 0.251. The number of morpholine rings is 1. The number of aromatic nitrogens is 2. The third kappa shape index (κ3) is 7.42. The number of nitrogens with zero attached hydrogens (tertiary/aromatic N) is 3. The smallest absolute Gasteiger partial charge is 0.259 e. The fraction of sp³-hybridized carbons (Fsp3) is 0.267. The molecule has 12 heteroatoms. The summed E-state index contributed by atoms with van der Waals surface area (Å²) in [4.78, 5) is 41.9. The first-order chi connectivity index (χ1) is 20.4. The van der Waals surface area contributed by atoms with Crippen LogP contribution in [-0.2, 0) is 9.53 Å². The molecule has 1 saturated heterocycles. The maximum atomic E-state index is 13.5. The Morgan fingerprint density at radius 2 is 1.81 bits per heavy atom. The number of carbonyl (C=O) groups excluding carboxylic acids is 3. The number of hydrogen-bond donors (Lipinski definition) is 3. The van der Waals surface area contributed by atoms with Crippen LogP contribution in [0.1, 0.15) is 27.6 Å². The predicted molar refractivity (Wildman–Crippen MR) is 163 cm³/mol. The van der Waals surface area contributed by atoms with Crippen molar-refractivity contribution in [3.05, 3.63) is 88.4 Å². The molecule has 5 rings (SSSR count). The van der Waals surface area contributed by atoms with Crippen molar-refractivity contribution in [2.45, 2.75) is 13.0 Å². The molecular weight excluding hydrogens is 576 g/mol. The van der Waals surface area contributed by atoms with Gasteiger partial charge in [-0.05, 0) is 49.4 Å². The Hall–Kier alpha value is -4.03. The van der Waals surface area contributed by atoms with Gasteiger partial charge in [-0.3, -0.25) is 19.3 Å². The van der Waals surface area contributed by atoms with Gasteiger partial charge in [-0.2, -0.15) is 5.10 Å². The van der Waals surface area contributed by atoms with E-state index in [1.807, 2.05) is 36.4 Å². The number of carbonyl (C=O) groups is 3. The summed E-state index contributed by atoms with van der Waals surface area (Å²) in [5.74, 6) is -1.08. The van der Waals surface area contributed by atoms with Gasteiger partial charge in [0.25, 0.3) is 11.8 Å². The summed E-state index contributed by atoms with van der Waals surface area (Å²) >= 11 is 7.50. The first-order valence-electron chi connectivity index (χ1n) is 13.6. The van der Waals surface area contributed by atoms with Crippen LogP contribution >= 0.6 is 22.9 Å². The Kier molecular flexibility index (Phi) is 9.65. The second kappa shape index (κ2) is 13.8. The Morgan fingerprint density at radius 3 is 2.55 bits per heavy atom. The highest BCUT2D eigenvalue weighted by atomic mass is 35.5. The van der Waals surface area contributed by atoms with Crippen molar-refractivity contribution in [3.8, 4) is 16.3 Å². The van der Waals surface area contributed by atoms with Crippen LogP contribution in [0.3, 0.4) is 0 Å². The molecule has 2 aromatic carbocycles. The van der Waals surface area contributed by atoms with E-state index in [0.717, 1.165) is 30.2 Å².